The summed E-state index contributed by atoms with van der Waals surface area (Å²) in [6, 6.07) is 17.9. The molecule has 8 nitrogen and oxygen atoms in total. The van der Waals surface area contributed by atoms with E-state index in [4.69, 9.17) is 0 Å². The molecule has 1 aliphatic heterocycles. The van der Waals surface area contributed by atoms with Crippen LogP contribution in [-0.2, 0) is 16.8 Å². The fourth-order valence-corrected chi connectivity index (χ4v) is 4.23. The predicted molar refractivity (Wildman–Crippen MR) is 123 cm³/mol. The fourth-order valence-electron chi connectivity index (χ4n) is 4.23. The molecule has 1 heterocycles. The zero-order valence-electron chi connectivity index (χ0n) is 18.1. The summed E-state index contributed by atoms with van der Waals surface area (Å²) in [5, 5.41) is 22.5. The van der Waals surface area contributed by atoms with Crippen LogP contribution < -0.4 is 4.90 Å². The van der Waals surface area contributed by atoms with Crippen LogP contribution in [0, 0.1) is 20.2 Å². The predicted octanol–water partition coefficient (Wildman–Crippen LogP) is 4.70. The van der Waals surface area contributed by atoms with Crippen molar-refractivity contribution in [1.82, 2.24) is 0 Å². The van der Waals surface area contributed by atoms with E-state index in [1.807, 2.05) is 54.6 Å². The van der Waals surface area contributed by atoms with Crippen LogP contribution in [0.15, 0.2) is 102 Å². The Bertz CT molecular complexity index is 1290. The molecule has 2 aromatic rings. The number of nitrogens with zero attached hydrogens (tertiary/aromatic N) is 3. The minimum Gasteiger partial charge on any atom is -0.340 e. The molecule has 166 valence electrons. The molecule has 0 saturated heterocycles. The number of allylic oxidation sites excluding steroid dienone is 6. The van der Waals surface area contributed by atoms with E-state index in [0.29, 0.717) is 12.6 Å². The van der Waals surface area contributed by atoms with Crippen LogP contribution in [0.4, 0.5) is 5.69 Å². The van der Waals surface area contributed by atoms with Gasteiger partial charge in [0.1, 0.15) is 0 Å². The van der Waals surface area contributed by atoms with Crippen LogP contribution in [0.3, 0.4) is 0 Å². The van der Waals surface area contributed by atoms with Gasteiger partial charge in [0.2, 0.25) is 0 Å². The number of hydrogen-bond donors (Lipinski definition) is 0. The lowest BCUT2D eigenvalue weighted by Gasteiger charge is -2.27. The Kier molecular flexibility index (Phi) is 5.51. The first kappa shape index (κ1) is 21.9. The normalized spacial score (nSPS) is 19.3. The molecule has 0 unspecified atom stereocenters. The third-order valence-electron chi connectivity index (χ3n) is 5.89. The van der Waals surface area contributed by atoms with Gasteiger partial charge in [-0.05, 0) is 29.3 Å². The van der Waals surface area contributed by atoms with Gasteiger partial charge in [-0.1, -0.05) is 62.4 Å². The zero-order valence-corrected chi connectivity index (χ0v) is 18.1. The van der Waals surface area contributed by atoms with Gasteiger partial charge in [-0.2, -0.15) is 0 Å². The molecule has 0 atom stereocenters. The Morgan fingerprint density at radius 1 is 0.909 bits per heavy atom. The third-order valence-corrected chi connectivity index (χ3v) is 5.89. The van der Waals surface area contributed by atoms with E-state index in [9.17, 15) is 25.0 Å². The number of hydrogen-bond acceptors (Lipinski definition) is 6. The van der Waals surface area contributed by atoms with E-state index in [0.717, 1.165) is 28.6 Å². The summed E-state index contributed by atoms with van der Waals surface area (Å²) in [5.41, 5.74) is 2.26. The summed E-state index contributed by atoms with van der Waals surface area (Å²) in [7, 11) is 0. The van der Waals surface area contributed by atoms with Crippen molar-refractivity contribution in [1.29, 1.82) is 0 Å². The lowest BCUT2D eigenvalue weighted by atomic mass is 9.83. The Labute approximate surface area is 190 Å². The highest BCUT2D eigenvalue weighted by Gasteiger charge is 2.40. The van der Waals surface area contributed by atoms with Gasteiger partial charge >= 0.3 is 5.70 Å². The average Bonchev–Trinajstić information content (AvgIpc) is 3.00. The van der Waals surface area contributed by atoms with Crippen LogP contribution in [0.2, 0.25) is 0 Å². The van der Waals surface area contributed by atoms with Crippen molar-refractivity contribution in [2.24, 2.45) is 0 Å². The van der Waals surface area contributed by atoms with Gasteiger partial charge in [0, 0.05) is 35.0 Å². The standard InChI is InChI=1S/C25H21N3O5/c1-25(2)20-10-6-7-11-21(20)26(16-17-8-4-3-5-9-17)23(25)13-12-18-14-19(27(30)31)15-22(24(18)29)28(32)33/h3-15H,16H2,1-2H3/b18-12-,23-13-. The molecule has 4 rings (SSSR count). The van der Waals surface area contributed by atoms with Crippen molar-refractivity contribution in [3.05, 3.63) is 133 Å². The lowest BCUT2D eigenvalue weighted by Crippen LogP contribution is -2.26. The largest absolute Gasteiger partial charge is 0.340 e. The van der Waals surface area contributed by atoms with Crippen LogP contribution in [0.1, 0.15) is 25.0 Å². The Balaban J connectivity index is 1.81. The van der Waals surface area contributed by atoms with Crippen molar-refractivity contribution < 1.29 is 14.6 Å². The first-order valence-corrected chi connectivity index (χ1v) is 10.3. The van der Waals surface area contributed by atoms with E-state index >= 15 is 0 Å². The van der Waals surface area contributed by atoms with Gasteiger partial charge in [0.15, 0.2) is 0 Å². The van der Waals surface area contributed by atoms with Crippen molar-refractivity contribution in [3.63, 3.8) is 0 Å². The van der Waals surface area contributed by atoms with Gasteiger partial charge in [0.05, 0.1) is 15.9 Å². The van der Waals surface area contributed by atoms with E-state index in [2.05, 4.69) is 18.7 Å². The maximum atomic E-state index is 12.6. The summed E-state index contributed by atoms with van der Waals surface area (Å²) < 4.78 is 0. The summed E-state index contributed by atoms with van der Waals surface area (Å²) in [4.78, 5) is 35.6. The molecule has 1 aliphatic carbocycles. The van der Waals surface area contributed by atoms with Crippen molar-refractivity contribution in [3.8, 4) is 0 Å². The fraction of sp³-hybridized carbons (Fsp3) is 0.160. The molecular weight excluding hydrogens is 422 g/mol. The van der Waals surface area contributed by atoms with Crippen LogP contribution in [-0.4, -0.2) is 15.6 Å². The molecule has 0 fully saturated rings. The van der Waals surface area contributed by atoms with Gasteiger partial charge in [-0.3, -0.25) is 25.0 Å². The number of carbonyl (C=O) groups is 1. The summed E-state index contributed by atoms with van der Waals surface area (Å²) in [6.45, 7) is 4.70. The zero-order chi connectivity index (χ0) is 23.8. The number of benzene rings is 2. The minimum atomic E-state index is -0.892. The second-order valence-corrected chi connectivity index (χ2v) is 8.33. The maximum Gasteiger partial charge on any atom is 0.323 e. The third kappa shape index (κ3) is 3.98. The molecule has 0 N–H and O–H groups in total. The van der Waals surface area contributed by atoms with E-state index < -0.39 is 32.4 Å². The second-order valence-electron chi connectivity index (χ2n) is 8.33. The summed E-state index contributed by atoms with van der Waals surface area (Å²) >= 11 is 0. The minimum absolute atomic E-state index is 0.102. The molecule has 8 heteroatoms. The molecule has 33 heavy (non-hydrogen) atoms. The molecule has 0 radical (unpaired) electrons. The number of fused-ring (bicyclic) bond motifs is 1. The smallest absolute Gasteiger partial charge is 0.323 e. The highest BCUT2D eigenvalue weighted by molar-refractivity contribution is 6.10. The first-order chi connectivity index (χ1) is 15.7. The first-order valence-electron chi connectivity index (χ1n) is 10.3. The van der Waals surface area contributed by atoms with Crippen LogP contribution in [0.25, 0.3) is 0 Å². The van der Waals surface area contributed by atoms with Crippen molar-refractivity contribution in [2.75, 3.05) is 4.90 Å². The van der Waals surface area contributed by atoms with Crippen LogP contribution >= 0.6 is 0 Å². The Morgan fingerprint density at radius 3 is 2.24 bits per heavy atom. The van der Waals surface area contributed by atoms with E-state index in [-0.39, 0.29) is 5.57 Å². The molecule has 0 spiro atoms. The molecule has 0 saturated carbocycles. The number of para-hydroxylation sites is 1. The quantitative estimate of drug-likeness (QED) is 0.377. The maximum absolute atomic E-state index is 12.6. The van der Waals surface area contributed by atoms with Gasteiger partial charge in [0.25, 0.3) is 11.5 Å². The molecule has 0 aromatic heterocycles. The highest BCUT2D eigenvalue weighted by Crippen LogP contribution is 2.48. The molecule has 0 amide bonds. The number of carbonyl (C=O) groups excluding carboxylic acids is 1. The molecule has 2 aliphatic rings. The lowest BCUT2D eigenvalue weighted by molar-refractivity contribution is -0.431. The summed E-state index contributed by atoms with van der Waals surface area (Å²) in [5.74, 6) is -0.856. The average molecular weight is 443 g/mol. The number of anilines is 1. The molecular formula is C25H21N3O5. The van der Waals surface area contributed by atoms with E-state index in [1.54, 1.807) is 6.08 Å². The van der Waals surface area contributed by atoms with Crippen LogP contribution in [0.5, 0.6) is 0 Å². The summed E-state index contributed by atoms with van der Waals surface area (Å²) in [6.07, 6.45) is 4.93. The number of ketones is 1. The van der Waals surface area contributed by atoms with Gasteiger partial charge < -0.3 is 4.90 Å². The molecule has 0 bridgehead atoms. The Hall–Kier alpha value is -4.33. The van der Waals surface area contributed by atoms with Gasteiger partial charge in [-0.25, -0.2) is 0 Å². The van der Waals surface area contributed by atoms with Crippen molar-refractivity contribution >= 4 is 11.5 Å². The number of Topliss-reactive ketones (excluding diaryl/α,β-unsaturated/α-hetero) is 1. The van der Waals surface area contributed by atoms with E-state index in [1.165, 1.54) is 6.08 Å². The van der Waals surface area contributed by atoms with Gasteiger partial charge in [-0.15, -0.1) is 0 Å². The molecule has 2 aromatic carbocycles. The monoisotopic (exact) mass is 443 g/mol. The van der Waals surface area contributed by atoms with Crippen molar-refractivity contribution in [2.45, 2.75) is 25.8 Å². The second kappa shape index (κ2) is 8.31. The Morgan fingerprint density at radius 2 is 1.58 bits per heavy atom. The SMILES string of the molecule is CC1(C)/C(=C/C=C2/C=C([N+](=O)[O-])C=C([N+](=O)[O-])C2=O)N(Cc2ccccc2)c2ccccc21. The number of rotatable bonds is 5. The highest BCUT2D eigenvalue weighted by atomic mass is 16.6. The topological polar surface area (TPSA) is 107 Å². The number of nitro groups is 2.